The van der Waals surface area contributed by atoms with Gasteiger partial charge >= 0.3 is 0 Å². The fourth-order valence-electron chi connectivity index (χ4n) is 3.59. The normalized spacial score (nSPS) is 15.7. The van der Waals surface area contributed by atoms with Crippen LogP contribution in [-0.2, 0) is 13.0 Å². The number of aliphatic hydroxyl groups excluding tert-OH is 1. The highest BCUT2D eigenvalue weighted by atomic mass is 35.5. The molecule has 0 aliphatic carbocycles. The summed E-state index contributed by atoms with van der Waals surface area (Å²) < 4.78 is 5.05. The number of rotatable bonds is 5. The first-order chi connectivity index (χ1) is 14.5. The third-order valence-corrected chi connectivity index (χ3v) is 5.72. The molecule has 30 heavy (non-hydrogen) atoms. The van der Waals surface area contributed by atoms with Gasteiger partial charge in [0.15, 0.2) is 17.3 Å². The molecule has 0 saturated carbocycles. The van der Waals surface area contributed by atoms with E-state index in [0.29, 0.717) is 48.8 Å². The number of anilines is 2. The highest BCUT2D eigenvalue weighted by Gasteiger charge is 2.36. The topological polar surface area (TPSA) is 138 Å². The summed E-state index contributed by atoms with van der Waals surface area (Å²) in [6, 6.07) is 11.5. The van der Waals surface area contributed by atoms with Gasteiger partial charge in [0.1, 0.15) is 6.61 Å². The molecule has 0 unspecified atom stereocenters. The molecule has 154 valence electrons. The van der Waals surface area contributed by atoms with Gasteiger partial charge in [0.2, 0.25) is 0 Å². The molecule has 1 aliphatic heterocycles. The largest absolute Gasteiger partial charge is 0.399 e. The van der Waals surface area contributed by atoms with Gasteiger partial charge in [0, 0.05) is 23.8 Å². The van der Waals surface area contributed by atoms with E-state index in [1.807, 2.05) is 18.2 Å². The summed E-state index contributed by atoms with van der Waals surface area (Å²) >= 11 is 6.32. The van der Waals surface area contributed by atoms with Crippen LogP contribution in [0.5, 0.6) is 0 Å². The Morgan fingerprint density at radius 2 is 2.03 bits per heavy atom. The Morgan fingerprint density at radius 1 is 1.23 bits per heavy atom. The zero-order valence-electron chi connectivity index (χ0n) is 16.1. The van der Waals surface area contributed by atoms with Gasteiger partial charge in [-0.2, -0.15) is 10.2 Å². The molecule has 3 N–H and O–H groups in total. The van der Waals surface area contributed by atoms with Gasteiger partial charge < -0.3 is 20.3 Å². The minimum absolute atomic E-state index is 0.195. The van der Waals surface area contributed by atoms with E-state index in [4.69, 9.17) is 27.0 Å². The van der Waals surface area contributed by atoms with Gasteiger partial charge in [-0.05, 0) is 49.1 Å². The second kappa shape index (κ2) is 8.26. The predicted molar refractivity (Wildman–Crippen MR) is 110 cm³/mol. The number of halogens is 1. The van der Waals surface area contributed by atoms with Crippen LogP contribution in [0.3, 0.4) is 0 Å². The second-order valence-electron chi connectivity index (χ2n) is 7.36. The van der Waals surface area contributed by atoms with Crippen LogP contribution in [0.25, 0.3) is 11.6 Å². The van der Waals surface area contributed by atoms with E-state index in [9.17, 15) is 5.26 Å². The standard InChI is InChI=1S/C20H20ClN7O2/c21-15-9-14(23)2-1-13(15)10-20(12-22)5-7-28(8-6-20)18-4-3-16(25-26-18)19-24-17(11-29)27-30-19/h1-4,9,29H,5-8,10-11,23H2. The Balaban J connectivity index is 1.43. The number of benzene rings is 1. The molecular formula is C20H20ClN7O2. The molecule has 1 fully saturated rings. The van der Waals surface area contributed by atoms with Crippen molar-refractivity contribution in [2.45, 2.75) is 25.9 Å². The summed E-state index contributed by atoms with van der Waals surface area (Å²) in [4.78, 5) is 6.13. The molecular weight excluding hydrogens is 406 g/mol. The Hall–Kier alpha value is -3.22. The smallest absolute Gasteiger partial charge is 0.278 e. The van der Waals surface area contributed by atoms with Crippen molar-refractivity contribution in [3.63, 3.8) is 0 Å². The van der Waals surface area contributed by atoms with Gasteiger partial charge in [-0.1, -0.05) is 22.8 Å². The summed E-state index contributed by atoms with van der Waals surface area (Å²) in [6.45, 7) is 1.07. The van der Waals surface area contributed by atoms with E-state index in [1.54, 1.807) is 12.1 Å². The highest BCUT2D eigenvalue weighted by molar-refractivity contribution is 6.31. The van der Waals surface area contributed by atoms with Crippen molar-refractivity contribution >= 4 is 23.1 Å². The van der Waals surface area contributed by atoms with Gasteiger partial charge in [-0.15, -0.1) is 10.2 Å². The van der Waals surface area contributed by atoms with Crippen LogP contribution in [-0.4, -0.2) is 38.5 Å². The first-order valence-electron chi connectivity index (χ1n) is 9.49. The molecule has 0 bridgehead atoms. The predicted octanol–water partition coefficient (Wildman–Crippen LogP) is 2.61. The van der Waals surface area contributed by atoms with Crippen molar-refractivity contribution in [3.8, 4) is 17.7 Å². The molecule has 3 heterocycles. The Morgan fingerprint density at radius 3 is 2.63 bits per heavy atom. The maximum absolute atomic E-state index is 9.88. The number of nitriles is 1. The van der Waals surface area contributed by atoms with Gasteiger partial charge in [0.05, 0.1) is 11.5 Å². The SMILES string of the molecule is N#CC1(Cc2ccc(N)cc2Cl)CCN(c2ccc(-c3nc(CO)no3)nn2)CC1. The van der Waals surface area contributed by atoms with Crippen LogP contribution >= 0.6 is 11.6 Å². The van der Waals surface area contributed by atoms with Gasteiger partial charge in [0.25, 0.3) is 5.89 Å². The van der Waals surface area contributed by atoms with E-state index < -0.39 is 5.41 Å². The monoisotopic (exact) mass is 425 g/mol. The van der Waals surface area contributed by atoms with Crippen LogP contribution < -0.4 is 10.6 Å². The average molecular weight is 426 g/mol. The van der Waals surface area contributed by atoms with Crippen molar-refractivity contribution in [2.24, 2.45) is 5.41 Å². The number of nitrogen functional groups attached to an aromatic ring is 1. The van der Waals surface area contributed by atoms with E-state index in [-0.39, 0.29) is 18.3 Å². The molecule has 2 aromatic heterocycles. The summed E-state index contributed by atoms with van der Waals surface area (Å²) in [5.41, 5.74) is 7.28. The summed E-state index contributed by atoms with van der Waals surface area (Å²) in [7, 11) is 0. The average Bonchev–Trinajstić information content (AvgIpc) is 3.26. The molecule has 0 amide bonds. The summed E-state index contributed by atoms with van der Waals surface area (Å²) in [6.07, 6.45) is 1.97. The van der Waals surface area contributed by atoms with Crippen molar-refractivity contribution in [1.29, 1.82) is 5.26 Å². The Labute approximate surface area is 178 Å². The lowest BCUT2D eigenvalue weighted by molar-refractivity contribution is 0.264. The molecule has 9 nitrogen and oxygen atoms in total. The maximum atomic E-state index is 9.88. The molecule has 3 aromatic rings. The quantitative estimate of drug-likeness (QED) is 0.590. The van der Waals surface area contributed by atoms with Crippen molar-refractivity contribution in [2.75, 3.05) is 23.7 Å². The highest BCUT2D eigenvalue weighted by Crippen LogP contribution is 2.37. The number of hydrogen-bond acceptors (Lipinski definition) is 9. The molecule has 0 spiro atoms. The number of hydrogen-bond donors (Lipinski definition) is 2. The first kappa shape index (κ1) is 20.1. The second-order valence-corrected chi connectivity index (χ2v) is 7.76. The summed E-state index contributed by atoms with van der Waals surface area (Å²) in [5.74, 6) is 1.12. The molecule has 4 rings (SSSR count). The minimum atomic E-state index is -0.478. The van der Waals surface area contributed by atoms with Crippen LogP contribution in [0.2, 0.25) is 5.02 Å². The van der Waals surface area contributed by atoms with E-state index in [1.165, 1.54) is 0 Å². The number of aliphatic hydroxyl groups is 1. The maximum Gasteiger partial charge on any atom is 0.278 e. The fourth-order valence-corrected chi connectivity index (χ4v) is 3.85. The lowest BCUT2D eigenvalue weighted by atomic mass is 9.75. The van der Waals surface area contributed by atoms with E-state index in [0.717, 1.165) is 11.4 Å². The number of nitrogens with two attached hydrogens (primary N) is 1. The number of aromatic nitrogens is 4. The molecule has 0 radical (unpaired) electrons. The Bertz CT molecular complexity index is 1070. The zero-order chi connectivity index (χ0) is 21.1. The number of nitrogens with zero attached hydrogens (tertiary/aromatic N) is 6. The number of piperidine rings is 1. The lowest BCUT2D eigenvalue weighted by Gasteiger charge is -2.38. The molecule has 1 aliphatic rings. The van der Waals surface area contributed by atoms with Crippen LogP contribution in [0.15, 0.2) is 34.9 Å². The third kappa shape index (κ3) is 4.06. The van der Waals surface area contributed by atoms with Crippen molar-refractivity contribution in [3.05, 3.63) is 46.7 Å². The summed E-state index contributed by atoms with van der Waals surface area (Å²) in [5, 5.41) is 31.6. The molecule has 1 saturated heterocycles. The molecule has 1 aromatic carbocycles. The van der Waals surface area contributed by atoms with Crippen LogP contribution in [0, 0.1) is 16.7 Å². The third-order valence-electron chi connectivity index (χ3n) is 5.37. The van der Waals surface area contributed by atoms with Crippen molar-refractivity contribution in [1.82, 2.24) is 20.3 Å². The van der Waals surface area contributed by atoms with Gasteiger partial charge in [-0.3, -0.25) is 0 Å². The van der Waals surface area contributed by atoms with Crippen molar-refractivity contribution < 1.29 is 9.63 Å². The molecule has 0 atom stereocenters. The van der Waals surface area contributed by atoms with E-state index >= 15 is 0 Å². The lowest BCUT2D eigenvalue weighted by Crippen LogP contribution is -2.41. The Kier molecular flexibility index (Phi) is 5.53. The van der Waals surface area contributed by atoms with Crippen LogP contribution in [0.1, 0.15) is 24.2 Å². The first-order valence-corrected chi connectivity index (χ1v) is 9.87. The van der Waals surface area contributed by atoms with E-state index in [2.05, 4.69) is 31.3 Å². The zero-order valence-corrected chi connectivity index (χ0v) is 16.9. The molecule has 10 heteroatoms. The fraction of sp³-hybridized carbons (Fsp3) is 0.350. The van der Waals surface area contributed by atoms with Gasteiger partial charge in [-0.25, -0.2) is 0 Å². The van der Waals surface area contributed by atoms with Crippen LogP contribution in [0.4, 0.5) is 11.5 Å². The minimum Gasteiger partial charge on any atom is -0.399 e.